The van der Waals surface area contributed by atoms with E-state index in [1.54, 1.807) is 4.90 Å². The topological polar surface area (TPSA) is 26.8 Å². The fraction of sp³-hybridized carbons (Fsp3) is 0.611. The molecule has 1 aromatic carbocycles. The lowest BCUT2D eigenvalue weighted by Gasteiger charge is -2.25. The van der Waals surface area contributed by atoms with Crippen molar-refractivity contribution in [3.05, 3.63) is 35.9 Å². The van der Waals surface area contributed by atoms with Crippen molar-refractivity contribution in [1.29, 1.82) is 0 Å². The quantitative estimate of drug-likeness (QED) is 0.826. The molecule has 0 aromatic heterocycles. The number of likely N-dealkylation sites (N-methyl/N-ethyl adjacent to an activating group) is 1. The third kappa shape index (κ3) is 5.11. The predicted molar refractivity (Wildman–Crippen MR) is 90.9 cm³/mol. The normalized spacial score (nSPS) is 20.6. The first-order valence-electron chi connectivity index (χ1n) is 8.22. The molecule has 0 spiro atoms. The Bertz CT molecular complexity index is 461. The van der Waals surface area contributed by atoms with Gasteiger partial charge in [-0.05, 0) is 32.0 Å². The Balaban J connectivity index is 1.85. The van der Waals surface area contributed by atoms with Crippen LogP contribution in [0.15, 0.2) is 30.3 Å². The van der Waals surface area contributed by atoms with Crippen molar-refractivity contribution in [2.24, 2.45) is 5.92 Å². The third-order valence-electron chi connectivity index (χ3n) is 4.38. The van der Waals surface area contributed by atoms with E-state index in [1.165, 1.54) is 5.56 Å². The van der Waals surface area contributed by atoms with Crippen LogP contribution in [0.2, 0.25) is 0 Å². The zero-order valence-corrected chi connectivity index (χ0v) is 14.2. The van der Waals surface area contributed by atoms with Crippen LogP contribution in [0, 0.1) is 5.92 Å². The Kier molecular flexibility index (Phi) is 6.40. The molecule has 0 aliphatic carbocycles. The van der Waals surface area contributed by atoms with Gasteiger partial charge in [0.1, 0.15) is 0 Å². The average Bonchev–Trinajstić information content (AvgIpc) is 2.69. The number of benzene rings is 1. The van der Waals surface area contributed by atoms with E-state index in [4.69, 9.17) is 0 Å². The molecular formula is C18H29N3O. The second-order valence-electron chi connectivity index (χ2n) is 6.58. The van der Waals surface area contributed by atoms with Crippen molar-refractivity contribution in [3.8, 4) is 0 Å². The molecule has 0 N–H and O–H groups in total. The van der Waals surface area contributed by atoms with Crippen molar-refractivity contribution in [2.45, 2.75) is 12.8 Å². The highest BCUT2D eigenvalue weighted by Gasteiger charge is 2.27. The monoisotopic (exact) mass is 303 g/mol. The molecule has 1 heterocycles. The van der Waals surface area contributed by atoms with Gasteiger partial charge in [-0.15, -0.1) is 0 Å². The molecular weight excluding hydrogens is 274 g/mol. The molecule has 1 aromatic rings. The van der Waals surface area contributed by atoms with E-state index in [9.17, 15) is 4.79 Å². The molecule has 1 amide bonds. The van der Waals surface area contributed by atoms with Crippen LogP contribution in [0.4, 0.5) is 0 Å². The van der Waals surface area contributed by atoms with E-state index in [2.05, 4.69) is 47.2 Å². The van der Waals surface area contributed by atoms with Gasteiger partial charge in [0.25, 0.3) is 0 Å². The van der Waals surface area contributed by atoms with Gasteiger partial charge in [0.15, 0.2) is 0 Å². The number of carbonyl (C=O) groups excluding carboxylic acids is 1. The molecule has 4 heteroatoms. The molecule has 2 rings (SSSR count). The molecule has 4 nitrogen and oxygen atoms in total. The second-order valence-corrected chi connectivity index (χ2v) is 6.58. The van der Waals surface area contributed by atoms with Crippen molar-refractivity contribution in [1.82, 2.24) is 14.7 Å². The van der Waals surface area contributed by atoms with Gasteiger partial charge in [-0.25, -0.2) is 0 Å². The van der Waals surface area contributed by atoms with Crippen LogP contribution < -0.4 is 0 Å². The Morgan fingerprint density at radius 2 is 1.91 bits per heavy atom. The number of amides is 1. The summed E-state index contributed by atoms with van der Waals surface area (Å²) in [7, 11) is 5.82. The number of aryl methyl sites for hydroxylation is 1. The molecule has 0 saturated carbocycles. The van der Waals surface area contributed by atoms with Gasteiger partial charge in [0, 0.05) is 40.3 Å². The Morgan fingerprint density at radius 1 is 1.18 bits per heavy atom. The van der Waals surface area contributed by atoms with Crippen LogP contribution >= 0.6 is 0 Å². The summed E-state index contributed by atoms with van der Waals surface area (Å²) in [6.45, 7) is 4.92. The molecule has 1 saturated heterocycles. The molecule has 22 heavy (non-hydrogen) atoms. The molecule has 1 fully saturated rings. The summed E-state index contributed by atoms with van der Waals surface area (Å²) in [5.41, 5.74) is 1.40. The molecule has 1 aliphatic rings. The second kappa shape index (κ2) is 8.30. The van der Waals surface area contributed by atoms with Gasteiger partial charge in [0.2, 0.25) is 5.91 Å². The summed E-state index contributed by atoms with van der Waals surface area (Å²) in [5.74, 6) is 0.348. The van der Waals surface area contributed by atoms with Gasteiger partial charge in [-0.2, -0.15) is 0 Å². The molecule has 0 bridgehead atoms. The number of carbonyl (C=O) groups is 1. The summed E-state index contributed by atoms with van der Waals surface area (Å²) in [5, 5.41) is 0. The Morgan fingerprint density at radius 3 is 2.59 bits per heavy atom. The fourth-order valence-electron chi connectivity index (χ4n) is 3.12. The molecule has 1 atom stereocenters. The summed E-state index contributed by atoms with van der Waals surface area (Å²) in [4.78, 5) is 18.8. The lowest BCUT2D eigenvalue weighted by atomic mass is 10.1. The maximum absolute atomic E-state index is 12.3. The van der Waals surface area contributed by atoms with Crippen molar-refractivity contribution in [2.75, 3.05) is 53.9 Å². The number of hydrogen-bond acceptors (Lipinski definition) is 3. The van der Waals surface area contributed by atoms with Crippen LogP contribution in [0.25, 0.3) is 0 Å². The maximum atomic E-state index is 12.3. The van der Waals surface area contributed by atoms with Crippen molar-refractivity contribution < 1.29 is 4.79 Å². The van der Waals surface area contributed by atoms with Crippen LogP contribution in [-0.2, 0) is 11.2 Å². The number of hydrogen-bond donors (Lipinski definition) is 0. The molecule has 0 radical (unpaired) electrons. The highest BCUT2D eigenvalue weighted by molar-refractivity contribution is 5.78. The fourth-order valence-corrected chi connectivity index (χ4v) is 3.12. The standard InChI is InChI=1S/C18H29N3O/c1-19(2)18(22)17-14-20(3)12-13-21(15-17)11-7-10-16-8-5-4-6-9-16/h4-6,8-9,17H,7,10-15H2,1-3H3/t17-/m0/s1. The highest BCUT2D eigenvalue weighted by atomic mass is 16.2. The van der Waals surface area contributed by atoms with E-state index in [0.29, 0.717) is 0 Å². The van der Waals surface area contributed by atoms with Crippen LogP contribution in [0.1, 0.15) is 12.0 Å². The number of rotatable bonds is 5. The van der Waals surface area contributed by atoms with Gasteiger partial charge in [-0.3, -0.25) is 4.79 Å². The smallest absolute Gasteiger partial charge is 0.227 e. The van der Waals surface area contributed by atoms with E-state index in [1.807, 2.05) is 14.1 Å². The zero-order chi connectivity index (χ0) is 15.9. The van der Waals surface area contributed by atoms with E-state index in [-0.39, 0.29) is 11.8 Å². The van der Waals surface area contributed by atoms with Crippen LogP contribution in [0.5, 0.6) is 0 Å². The van der Waals surface area contributed by atoms with E-state index < -0.39 is 0 Å². The molecule has 0 unspecified atom stereocenters. The van der Waals surface area contributed by atoms with Gasteiger partial charge in [-0.1, -0.05) is 30.3 Å². The van der Waals surface area contributed by atoms with Gasteiger partial charge >= 0.3 is 0 Å². The van der Waals surface area contributed by atoms with Gasteiger partial charge in [0.05, 0.1) is 5.92 Å². The minimum absolute atomic E-state index is 0.0965. The Hall–Kier alpha value is -1.39. The maximum Gasteiger partial charge on any atom is 0.227 e. The first-order chi connectivity index (χ1) is 10.6. The largest absolute Gasteiger partial charge is 0.348 e. The third-order valence-corrected chi connectivity index (χ3v) is 4.38. The van der Waals surface area contributed by atoms with Crippen LogP contribution in [-0.4, -0.2) is 74.5 Å². The predicted octanol–water partition coefficient (Wildman–Crippen LogP) is 1.57. The summed E-state index contributed by atoms with van der Waals surface area (Å²) in [6.07, 6.45) is 2.26. The first-order valence-corrected chi connectivity index (χ1v) is 8.22. The first kappa shape index (κ1) is 17.0. The summed E-state index contributed by atoms with van der Waals surface area (Å²) >= 11 is 0. The van der Waals surface area contributed by atoms with Crippen molar-refractivity contribution >= 4 is 5.91 Å². The van der Waals surface area contributed by atoms with Crippen molar-refractivity contribution in [3.63, 3.8) is 0 Å². The lowest BCUT2D eigenvalue weighted by Crippen LogP contribution is -2.40. The van der Waals surface area contributed by atoms with E-state index >= 15 is 0 Å². The zero-order valence-electron chi connectivity index (χ0n) is 14.2. The van der Waals surface area contributed by atoms with E-state index in [0.717, 1.165) is 45.6 Å². The minimum atomic E-state index is 0.0965. The summed E-state index contributed by atoms with van der Waals surface area (Å²) < 4.78 is 0. The van der Waals surface area contributed by atoms with Crippen LogP contribution in [0.3, 0.4) is 0 Å². The molecule has 1 aliphatic heterocycles. The highest BCUT2D eigenvalue weighted by Crippen LogP contribution is 2.12. The summed E-state index contributed by atoms with van der Waals surface area (Å²) in [6, 6.07) is 10.6. The molecule has 122 valence electrons. The Labute approximate surface area is 134 Å². The number of nitrogens with zero attached hydrogens (tertiary/aromatic N) is 3. The van der Waals surface area contributed by atoms with Gasteiger partial charge < -0.3 is 14.7 Å². The SMILES string of the molecule is CN1CCN(CCCc2ccccc2)C[C@@H](C(=O)N(C)C)C1. The minimum Gasteiger partial charge on any atom is -0.348 e. The lowest BCUT2D eigenvalue weighted by molar-refractivity contribution is -0.133. The average molecular weight is 303 g/mol.